The quantitative estimate of drug-likeness (QED) is 0.184. The normalized spacial score (nSPS) is 11.7. The van der Waals surface area contributed by atoms with Crippen LogP contribution in [0.2, 0.25) is 10.0 Å². The molecule has 3 N–H and O–H groups in total. The first kappa shape index (κ1) is 24.7. The number of hydrogen-bond donors (Lipinski definition) is 3. The summed E-state index contributed by atoms with van der Waals surface area (Å²) < 4.78 is 36.0. The number of aromatic hydroxyl groups is 1. The molecular formula is C25H17Cl2FN2O4S. The summed E-state index contributed by atoms with van der Waals surface area (Å²) in [7, 11) is 0. The Morgan fingerprint density at radius 3 is 2.09 bits per heavy atom. The molecule has 0 aliphatic carbocycles. The zero-order valence-electron chi connectivity index (χ0n) is 17.8. The molecule has 0 spiro atoms. The van der Waals surface area contributed by atoms with Gasteiger partial charge in [-0.1, -0.05) is 35.3 Å². The molecule has 0 aliphatic heterocycles. The second kappa shape index (κ2) is 10.5. The maximum absolute atomic E-state index is 13.3. The lowest BCUT2D eigenvalue weighted by atomic mass is 10.0. The number of anilines is 3. The van der Waals surface area contributed by atoms with Crippen molar-refractivity contribution in [3.05, 3.63) is 106 Å². The van der Waals surface area contributed by atoms with Crippen molar-refractivity contribution in [3.63, 3.8) is 0 Å². The van der Waals surface area contributed by atoms with Crippen LogP contribution in [0.5, 0.6) is 5.75 Å². The molecule has 0 aromatic heterocycles. The van der Waals surface area contributed by atoms with E-state index >= 15 is 0 Å². The molecule has 0 fully saturated rings. The monoisotopic (exact) mass is 530 g/mol. The van der Waals surface area contributed by atoms with Gasteiger partial charge in [0.1, 0.15) is 17.3 Å². The number of rotatable bonds is 6. The molecule has 6 nitrogen and oxygen atoms in total. The number of carbonyl (C=O) groups is 1. The van der Waals surface area contributed by atoms with Crippen molar-refractivity contribution in [2.45, 2.75) is 0 Å². The highest BCUT2D eigenvalue weighted by Crippen LogP contribution is 2.36. The number of hydrogen-bond acceptors (Lipinski definition) is 3. The van der Waals surface area contributed by atoms with Gasteiger partial charge in [0.25, 0.3) is 17.2 Å². The van der Waals surface area contributed by atoms with Crippen LogP contribution in [0, 0.1) is 5.82 Å². The van der Waals surface area contributed by atoms with E-state index in [1.54, 1.807) is 42.5 Å². The van der Waals surface area contributed by atoms with Crippen molar-refractivity contribution >= 4 is 57.4 Å². The number of nitrogens with zero attached hydrogens (tertiary/aromatic N) is 1. The predicted octanol–water partition coefficient (Wildman–Crippen LogP) is 7.03. The minimum absolute atomic E-state index is 0.0524. The van der Waals surface area contributed by atoms with E-state index in [-0.39, 0.29) is 22.8 Å². The van der Waals surface area contributed by atoms with Crippen molar-refractivity contribution in [2.75, 3.05) is 9.62 Å². The first-order chi connectivity index (χ1) is 16.7. The summed E-state index contributed by atoms with van der Waals surface area (Å²) in [4.78, 5) is 12.8. The number of nitrogens with one attached hydrogen (secondary N) is 1. The van der Waals surface area contributed by atoms with Gasteiger partial charge in [-0.05, 0) is 83.9 Å². The number of benzene rings is 4. The summed E-state index contributed by atoms with van der Waals surface area (Å²) in [6.45, 7) is 0. The lowest BCUT2D eigenvalue weighted by Crippen LogP contribution is -2.20. The highest BCUT2D eigenvalue weighted by molar-refractivity contribution is 7.81. The van der Waals surface area contributed by atoms with E-state index in [1.165, 1.54) is 30.3 Å². The zero-order valence-corrected chi connectivity index (χ0v) is 20.1. The van der Waals surface area contributed by atoms with Crippen molar-refractivity contribution in [1.29, 1.82) is 0 Å². The molecule has 4 rings (SSSR count). The molecular weight excluding hydrogens is 514 g/mol. The smallest absolute Gasteiger partial charge is 0.266 e. The summed E-state index contributed by atoms with van der Waals surface area (Å²) in [5.74, 6) is -1.26. The van der Waals surface area contributed by atoms with Gasteiger partial charge in [-0.15, -0.1) is 0 Å². The molecule has 10 heteroatoms. The Kier molecular flexibility index (Phi) is 7.37. The number of amides is 1. The fourth-order valence-corrected chi connectivity index (χ4v) is 4.53. The van der Waals surface area contributed by atoms with Crippen molar-refractivity contribution in [2.24, 2.45) is 0 Å². The SMILES string of the molecule is O=C(Nc1ccc(O)c(N(c2ccc(F)cc2)S(=O)O)c1)c1ccc(-c2cc(Cl)cc(Cl)c2)cc1. The van der Waals surface area contributed by atoms with Crippen molar-refractivity contribution in [1.82, 2.24) is 0 Å². The molecule has 0 saturated heterocycles. The van der Waals surface area contributed by atoms with Crippen LogP contribution in [-0.4, -0.2) is 19.8 Å². The van der Waals surface area contributed by atoms with Crippen LogP contribution in [0.4, 0.5) is 21.5 Å². The topological polar surface area (TPSA) is 89.9 Å². The minimum Gasteiger partial charge on any atom is -0.506 e. The number of phenols is 1. The highest BCUT2D eigenvalue weighted by Gasteiger charge is 2.20. The van der Waals surface area contributed by atoms with Crippen LogP contribution in [0.15, 0.2) is 84.9 Å². The van der Waals surface area contributed by atoms with Crippen LogP contribution in [0.1, 0.15) is 10.4 Å². The van der Waals surface area contributed by atoms with Crippen LogP contribution in [-0.2, 0) is 11.3 Å². The Bertz CT molecular complexity index is 1400. The lowest BCUT2D eigenvalue weighted by molar-refractivity contribution is 0.102. The molecule has 4 aromatic rings. The second-order valence-electron chi connectivity index (χ2n) is 7.39. The molecule has 178 valence electrons. The maximum Gasteiger partial charge on any atom is 0.266 e. The van der Waals surface area contributed by atoms with Gasteiger partial charge in [-0.25, -0.2) is 12.9 Å². The van der Waals surface area contributed by atoms with Crippen LogP contribution < -0.4 is 9.62 Å². The van der Waals surface area contributed by atoms with E-state index in [9.17, 15) is 23.1 Å². The maximum atomic E-state index is 13.3. The van der Waals surface area contributed by atoms with Gasteiger partial charge in [-0.3, -0.25) is 9.35 Å². The Morgan fingerprint density at radius 2 is 1.49 bits per heavy atom. The van der Waals surface area contributed by atoms with E-state index < -0.39 is 23.0 Å². The van der Waals surface area contributed by atoms with Gasteiger partial charge >= 0.3 is 0 Å². The number of phenolic OH excluding ortho intramolecular Hbond substituents is 1. The lowest BCUT2D eigenvalue weighted by Gasteiger charge is -2.21. The Morgan fingerprint density at radius 1 is 0.857 bits per heavy atom. The van der Waals surface area contributed by atoms with Crippen LogP contribution >= 0.6 is 23.2 Å². The van der Waals surface area contributed by atoms with Gasteiger partial charge in [0, 0.05) is 21.3 Å². The molecule has 0 bridgehead atoms. The molecule has 0 radical (unpaired) electrons. The Balaban J connectivity index is 1.57. The molecule has 1 amide bonds. The van der Waals surface area contributed by atoms with Crippen LogP contribution in [0.3, 0.4) is 0 Å². The first-order valence-electron chi connectivity index (χ1n) is 10.1. The molecule has 4 aromatic carbocycles. The summed E-state index contributed by atoms with van der Waals surface area (Å²) >= 11 is 9.54. The van der Waals surface area contributed by atoms with E-state index in [0.717, 1.165) is 27.6 Å². The molecule has 0 heterocycles. The first-order valence-corrected chi connectivity index (χ1v) is 11.9. The average molecular weight is 531 g/mol. The third-order valence-electron chi connectivity index (χ3n) is 5.01. The summed E-state index contributed by atoms with van der Waals surface area (Å²) in [5, 5.41) is 14.0. The van der Waals surface area contributed by atoms with Gasteiger partial charge < -0.3 is 10.4 Å². The van der Waals surface area contributed by atoms with Gasteiger partial charge in [0.05, 0.1) is 5.69 Å². The van der Waals surface area contributed by atoms with E-state index in [0.29, 0.717) is 15.6 Å². The molecule has 35 heavy (non-hydrogen) atoms. The molecule has 0 saturated carbocycles. The molecule has 1 atom stereocenters. The highest BCUT2D eigenvalue weighted by atomic mass is 35.5. The average Bonchev–Trinajstić information content (AvgIpc) is 2.82. The third kappa shape index (κ3) is 5.80. The standard InChI is InChI=1S/C25H17Cl2FN2O4S/c26-18-11-17(12-19(27)13-18)15-1-3-16(4-2-15)25(32)29-21-7-10-24(31)23(14-21)30(35(33)34)22-8-5-20(28)6-9-22/h1-14,31H,(H,29,32)(H,33,34). The Labute approximate surface area is 213 Å². The largest absolute Gasteiger partial charge is 0.506 e. The van der Waals surface area contributed by atoms with Gasteiger partial charge in [-0.2, -0.15) is 0 Å². The molecule has 1 unspecified atom stereocenters. The third-order valence-corrected chi connectivity index (χ3v) is 6.17. The predicted molar refractivity (Wildman–Crippen MR) is 137 cm³/mol. The minimum atomic E-state index is -2.58. The number of carbonyl (C=O) groups excluding carboxylic acids is 1. The van der Waals surface area contributed by atoms with E-state index in [4.69, 9.17) is 23.2 Å². The van der Waals surface area contributed by atoms with E-state index in [2.05, 4.69) is 5.32 Å². The van der Waals surface area contributed by atoms with E-state index in [1.807, 2.05) is 0 Å². The summed E-state index contributed by atoms with van der Waals surface area (Å²) in [6, 6.07) is 20.8. The second-order valence-corrected chi connectivity index (χ2v) is 9.09. The Hall–Kier alpha value is -3.43. The van der Waals surface area contributed by atoms with Gasteiger partial charge in [0.15, 0.2) is 0 Å². The fourth-order valence-electron chi connectivity index (χ4n) is 3.39. The number of halogens is 3. The molecule has 0 aliphatic rings. The van der Waals surface area contributed by atoms with Crippen LogP contribution in [0.25, 0.3) is 11.1 Å². The van der Waals surface area contributed by atoms with Crippen molar-refractivity contribution in [3.8, 4) is 16.9 Å². The van der Waals surface area contributed by atoms with Gasteiger partial charge in [0.2, 0.25) is 0 Å². The fraction of sp³-hybridized carbons (Fsp3) is 0. The van der Waals surface area contributed by atoms with Crippen molar-refractivity contribution < 1.29 is 23.1 Å². The summed E-state index contributed by atoms with van der Waals surface area (Å²) in [5.41, 5.74) is 2.36. The zero-order chi connectivity index (χ0) is 25.1. The summed E-state index contributed by atoms with van der Waals surface area (Å²) in [6.07, 6.45) is 0.